The number of benzene rings is 3. The summed E-state index contributed by atoms with van der Waals surface area (Å²) in [5, 5.41) is 3.66. The average Bonchev–Trinajstić information content (AvgIpc) is 2.89. The van der Waals surface area contributed by atoms with Gasteiger partial charge in [0.25, 0.3) is 0 Å². The molecule has 3 aromatic carbocycles. The van der Waals surface area contributed by atoms with Gasteiger partial charge in [0.2, 0.25) is 0 Å². The molecule has 0 radical (unpaired) electrons. The maximum atomic E-state index is 13.4. The van der Waals surface area contributed by atoms with E-state index in [1.165, 1.54) is 0 Å². The van der Waals surface area contributed by atoms with Crippen LogP contribution in [-0.2, 0) is 29.5 Å². The van der Waals surface area contributed by atoms with Crippen LogP contribution in [0.25, 0.3) is 4.72 Å². The Morgan fingerprint density at radius 1 is 0.868 bits per heavy atom. The van der Waals surface area contributed by atoms with Crippen molar-refractivity contribution in [3.05, 3.63) is 145 Å². The van der Waals surface area contributed by atoms with Crippen LogP contribution in [0, 0.1) is 27.7 Å². The fourth-order valence-electron chi connectivity index (χ4n) is 4.42. The molecule has 38 heavy (non-hydrogen) atoms. The first-order valence-electron chi connectivity index (χ1n) is 12.2. The van der Waals surface area contributed by atoms with Crippen molar-refractivity contribution in [1.82, 2.24) is 5.32 Å². The summed E-state index contributed by atoms with van der Waals surface area (Å²) in [6.45, 7) is 2.71. The minimum absolute atomic E-state index is 0. The summed E-state index contributed by atoms with van der Waals surface area (Å²) in [5.41, 5.74) is 2.89. The van der Waals surface area contributed by atoms with Crippen molar-refractivity contribution in [1.29, 1.82) is 0 Å². The molecule has 202 valence electrons. The SMILES string of the molecule is Cc1ccc(S(=O)(=O)[N-][C@H](c2ccccc2)[C@H](NCCCC2C=CC=CC2)c2ccccc2)cc1.[CH3-].[CH3-].[Ru+4]. The van der Waals surface area contributed by atoms with Crippen molar-refractivity contribution in [2.75, 3.05) is 6.54 Å². The van der Waals surface area contributed by atoms with E-state index < -0.39 is 16.1 Å². The molecule has 0 saturated carbocycles. The summed E-state index contributed by atoms with van der Waals surface area (Å²) in [5.74, 6) is 0.563. The molecule has 0 heterocycles. The molecule has 1 aliphatic carbocycles. The Hall–Kier alpha value is -2.37. The molecular formula is C32H39N2O2RuS+. The minimum atomic E-state index is -3.86. The van der Waals surface area contributed by atoms with Crippen molar-refractivity contribution in [3.63, 3.8) is 0 Å². The fraction of sp³-hybridized carbons (Fsp3) is 0.250. The van der Waals surface area contributed by atoms with E-state index in [0.29, 0.717) is 5.92 Å². The molecule has 6 heteroatoms. The molecule has 0 bridgehead atoms. The molecule has 3 atom stereocenters. The maximum absolute atomic E-state index is 13.4. The normalized spacial score (nSPS) is 15.9. The Kier molecular flexibility index (Phi) is 14.7. The largest absolute Gasteiger partial charge is 4.00 e. The second-order valence-corrected chi connectivity index (χ2v) is 10.7. The van der Waals surface area contributed by atoms with E-state index in [9.17, 15) is 8.42 Å². The van der Waals surface area contributed by atoms with Crippen LogP contribution in [-0.4, -0.2) is 15.0 Å². The minimum Gasteiger partial charge on any atom is -0.537 e. The molecule has 3 aromatic rings. The molecule has 0 saturated heterocycles. The molecular weight excluding hydrogens is 578 g/mol. The van der Waals surface area contributed by atoms with Crippen LogP contribution in [0.15, 0.2) is 114 Å². The van der Waals surface area contributed by atoms with E-state index in [1.807, 2.05) is 79.7 Å². The van der Waals surface area contributed by atoms with Gasteiger partial charge < -0.3 is 24.9 Å². The fourth-order valence-corrected chi connectivity index (χ4v) is 5.57. The molecule has 4 rings (SSSR count). The molecule has 0 fully saturated rings. The van der Waals surface area contributed by atoms with Crippen LogP contribution in [0.1, 0.15) is 48.0 Å². The Bertz CT molecular complexity index is 1230. The first-order chi connectivity index (χ1) is 17.0. The van der Waals surface area contributed by atoms with Crippen molar-refractivity contribution < 1.29 is 27.9 Å². The molecule has 1 aliphatic rings. The van der Waals surface area contributed by atoms with Crippen LogP contribution in [0.4, 0.5) is 0 Å². The van der Waals surface area contributed by atoms with Crippen LogP contribution in [0.2, 0.25) is 0 Å². The molecule has 1 N–H and O–H groups in total. The van der Waals surface area contributed by atoms with E-state index in [-0.39, 0.29) is 45.3 Å². The summed E-state index contributed by atoms with van der Waals surface area (Å²) in [6, 6.07) is 25.7. The van der Waals surface area contributed by atoms with Gasteiger partial charge >= 0.3 is 19.5 Å². The molecule has 1 unspecified atom stereocenters. The van der Waals surface area contributed by atoms with Gasteiger partial charge in [-0.1, -0.05) is 114 Å². The summed E-state index contributed by atoms with van der Waals surface area (Å²) in [7, 11) is -3.86. The Morgan fingerprint density at radius 3 is 2.05 bits per heavy atom. The van der Waals surface area contributed by atoms with Gasteiger partial charge in [-0.25, -0.2) is 8.42 Å². The van der Waals surface area contributed by atoms with E-state index >= 15 is 0 Å². The number of allylic oxidation sites excluding steroid dienone is 4. The van der Waals surface area contributed by atoms with Gasteiger partial charge in [-0.15, -0.1) is 0 Å². The third kappa shape index (κ3) is 9.43. The zero-order valence-corrected chi connectivity index (χ0v) is 25.0. The van der Waals surface area contributed by atoms with Gasteiger partial charge in [-0.05, 0) is 56.3 Å². The predicted octanol–water partition coefficient (Wildman–Crippen LogP) is 7.94. The topological polar surface area (TPSA) is 60.3 Å². The molecule has 4 nitrogen and oxygen atoms in total. The van der Waals surface area contributed by atoms with Crippen molar-refractivity contribution in [2.45, 2.75) is 43.2 Å². The summed E-state index contributed by atoms with van der Waals surface area (Å²) < 4.78 is 31.3. The van der Waals surface area contributed by atoms with Crippen molar-refractivity contribution >= 4 is 10.0 Å². The van der Waals surface area contributed by atoms with Gasteiger partial charge in [-0.2, -0.15) is 0 Å². The van der Waals surface area contributed by atoms with E-state index in [4.69, 9.17) is 0 Å². The second-order valence-electron chi connectivity index (χ2n) is 9.04. The third-order valence-electron chi connectivity index (χ3n) is 6.37. The number of aryl methyl sites for hydroxylation is 1. The third-order valence-corrected chi connectivity index (χ3v) is 7.74. The number of nitrogens with one attached hydrogen (secondary N) is 1. The number of rotatable bonds is 11. The van der Waals surface area contributed by atoms with Gasteiger partial charge in [0, 0.05) is 10.9 Å². The maximum Gasteiger partial charge on any atom is 4.00 e. The van der Waals surface area contributed by atoms with Crippen LogP contribution < -0.4 is 5.32 Å². The monoisotopic (exact) mass is 617 g/mol. The zero-order chi connectivity index (χ0) is 24.5. The standard InChI is InChI=1S/C30H33N2O2S.2CH3.Ru/c1-24-19-21-28(22-20-24)35(33,34)32-30(27-17-9-4-10-18-27)29(26-15-7-3-8-16-26)31-23-11-14-25-12-5-2-6-13-25;;;/h2-10,12,15-22,25,29-31H,11,13-14,23H2,1H3;2*1H3;/q3*-1;+4/t25?,29-,30-;;;/m1.../s1. The van der Waals surface area contributed by atoms with Crippen LogP contribution >= 0.6 is 0 Å². The molecule has 0 aromatic heterocycles. The molecule has 0 spiro atoms. The van der Waals surface area contributed by atoms with Crippen molar-refractivity contribution in [2.24, 2.45) is 5.92 Å². The first-order valence-corrected chi connectivity index (χ1v) is 13.7. The predicted molar refractivity (Wildman–Crippen MR) is 157 cm³/mol. The first kappa shape index (κ1) is 33.7. The smallest absolute Gasteiger partial charge is 0.537 e. The van der Waals surface area contributed by atoms with Gasteiger partial charge in [0.05, 0.1) is 0 Å². The van der Waals surface area contributed by atoms with E-state index in [0.717, 1.165) is 42.5 Å². The van der Waals surface area contributed by atoms with E-state index in [2.05, 4.69) is 34.3 Å². The zero-order valence-electron chi connectivity index (χ0n) is 22.5. The van der Waals surface area contributed by atoms with Gasteiger partial charge in [0.1, 0.15) is 10.0 Å². The molecule has 0 aliphatic heterocycles. The number of nitrogens with zero attached hydrogens (tertiary/aromatic N) is 1. The number of sulfonamides is 1. The Labute approximate surface area is 243 Å². The Morgan fingerprint density at radius 2 is 1.47 bits per heavy atom. The second kappa shape index (κ2) is 16.6. The molecule has 0 amide bonds. The quantitative estimate of drug-likeness (QED) is 0.135. The van der Waals surface area contributed by atoms with Crippen LogP contribution in [0.5, 0.6) is 0 Å². The van der Waals surface area contributed by atoms with Gasteiger partial charge in [-0.3, -0.25) is 0 Å². The Balaban J connectivity index is 0.00000241. The number of hydrogen-bond acceptors (Lipinski definition) is 3. The van der Waals surface area contributed by atoms with Gasteiger partial charge in [0.15, 0.2) is 0 Å². The number of hydrogen-bond donors (Lipinski definition) is 1. The van der Waals surface area contributed by atoms with Crippen LogP contribution in [0.3, 0.4) is 0 Å². The summed E-state index contributed by atoms with van der Waals surface area (Å²) in [4.78, 5) is 0.216. The summed E-state index contributed by atoms with van der Waals surface area (Å²) in [6.07, 6.45) is 11.9. The van der Waals surface area contributed by atoms with Crippen molar-refractivity contribution in [3.8, 4) is 0 Å². The van der Waals surface area contributed by atoms with E-state index in [1.54, 1.807) is 12.1 Å². The average molecular weight is 617 g/mol. The summed E-state index contributed by atoms with van der Waals surface area (Å²) >= 11 is 0.